The molecule has 0 fully saturated rings. The normalized spacial score (nSPS) is 12.4. The highest BCUT2D eigenvalue weighted by Crippen LogP contribution is 2.26. The third-order valence-electron chi connectivity index (χ3n) is 3.25. The van der Waals surface area contributed by atoms with Crippen LogP contribution in [0.2, 0.25) is 10.0 Å². The number of rotatable bonds is 6. The summed E-state index contributed by atoms with van der Waals surface area (Å²) in [5.41, 5.74) is 1.49. The lowest BCUT2D eigenvalue weighted by atomic mass is 9.98. The number of hydrogen-bond acceptors (Lipinski definition) is 2. The molecular formula is C16H17Cl2FN2. The predicted molar refractivity (Wildman–Crippen MR) is 85.4 cm³/mol. The zero-order chi connectivity index (χ0) is 15.2. The van der Waals surface area contributed by atoms with Gasteiger partial charge in [0.25, 0.3) is 0 Å². The van der Waals surface area contributed by atoms with E-state index >= 15 is 0 Å². The van der Waals surface area contributed by atoms with Crippen LogP contribution in [0.5, 0.6) is 0 Å². The number of nitrogens with one attached hydrogen (secondary N) is 1. The zero-order valence-electron chi connectivity index (χ0n) is 11.7. The Morgan fingerprint density at radius 2 is 2.10 bits per heavy atom. The van der Waals surface area contributed by atoms with Gasteiger partial charge in [0.1, 0.15) is 5.82 Å². The standard InChI is InChI=1S/C16H17Cl2FN2/c1-2-6-21-16(8-11-5-7-20-10-14(11)18)13-9-12(17)3-4-15(13)19/h3-5,7,9-10,16,21H,2,6,8H2,1H3. The van der Waals surface area contributed by atoms with Crippen LogP contribution >= 0.6 is 23.2 Å². The van der Waals surface area contributed by atoms with Crippen molar-refractivity contribution >= 4 is 23.2 Å². The van der Waals surface area contributed by atoms with Crippen molar-refractivity contribution in [1.82, 2.24) is 10.3 Å². The third kappa shape index (κ3) is 4.40. The first-order valence-corrected chi connectivity index (χ1v) is 7.64. The maximum atomic E-state index is 14.1. The van der Waals surface area contributed by atoms with E-state index in [1.165, 1.54) is 6.07 Å². The molecule has 5 heteroatoms. The summed E-state index contributed by atoms with van der Waals surface area (Å²) in [4.78, 5) is 3.97. The summed E-state index contributed by atoms with van der Waals surface area (Å²) in [5, 5.41) is 4.46. The molecule has 0 spiro atoms. The van der Waals surface area contributed by atoms with Crippen LogP contribution in [-0.4, -0.2) is 11.5 Å². The minimum absolute atomic E-state index is 0.177. The maximum absolute atomic E-state index is 14.1. The second-order valence-electron chi connectivity index (χ2n) is 4.84. The molecule has 112 valence electrons. The van der Waals surface area contributed by atoms with Crippen molar-refractivity contribution in [3.05, 3.63) is 63.6 Å². The zero-order valence-corrected chi connectivity index (χ0v) is 13.3. The minimum atomic E-state index is -0.266. The van der Waals surface area contributed by atoms with Crippen molar-refractivity contribution in [2.45, 2.75) is 25.8 Å². The minimum Gasteiger partial charge on any atom is -0.310 e. The second-order valence-corrected chi connectivity index (χ2v) is 5.69. The fraction of sp³-hybridized carbons (Fsp3) is 0.312. The Labute approximate surface area is 134 Å². The SMILES string of the molecule is CCCNC(Cc1ccncc1Cl)c1cc(Cl)ccc1F. The monoisotopic (exact) mass is 326 g/mol. The fourth-order valence-electron chi connectivity index (χ4n) is 2.18. The summed E-state index contributed by atoms with van der Waals surface area (Å²) in [6.07, 6.45) is 4.83. The van der Waals surface area contributed by atoms with Crippen LogP contribution < -0.4 is 5.32 Å². The largest absolute Gasteiger partial charge is 0.310 e. The molecule has 0 radical (unpaired) electrons. The predicted octanol–water partition coefficient (Wildman–Crippen LogP) is 4.81. The molecule has 1 heterocycles. The van der Waals surface area contributed by atoms with Gasteiger partial charge in [-0.05, 0) is 49.2 Å². The van der Waals surface area contributed by atoms with Crippen molar-refractivity contribution in [3.63, 3.8) is 0 Å². The quantitative estimate of drug-likeness (QED) is 0.823. The first-order chi connectivity index (χ1) is 10.1. The molecular weight excluding hydrogens is 310 g/mol. The highest BCUT2D eigenvalue weighted by atomic mass is 35.5. The molecule has 21 heavy (non-hydrogen) atoms. The van der Waals surface area contributed by atoms with Gasteiger partial charge in [-0.15, -0.1) is 0 Å². The molecule has 0 amide bonds. The van der Waals surface area contributed by atoms with E-state index in [-0.39, 0.29) is 11.9 Å². The fourth-order valence-corrected chi connectivity index (χ4v) is 2.56. The summed E-state index contributed by atoms with van der Waals surface area (Å²) < 4.78 is 14.1. The number of benzene rings is 1. The van der Waals surface area contributed by atoms with E-state index in [0.29, 0.717) is 22.0 Å². The first kappa shape index (κ1) is 16.2. The van der Waals surface area contributed by atoms with E-state index in [1.807, 2.05) is 6.07 Å². The lowest BCUT2D eigenvalue weighted by Crippen LogP contribution is -2.25. The average Bonchev–Trinajstić information content (AvgIpc) is 2.48. The van der Waals surface area contributed by atoms with Gasteiger partial charge in [0, 0.05) is 29.0 Å². The lowest BCUT2D eigenvalue weighted by molar-refractivity contribution is 0.497. The molecule has 2 nitrogen and oxygen atoms in total. The van der Waals surface area contributed by atoms with Gasteiger partial charge in [-0.1, -0.05) is 30.1 Å². The number of nitrogens with zero attached hydrogens (tertiary/aromatic N) is 1. The first-order valence-electron chi connectivity index (χ1n) is 6.88. The van der Waals surface area contributed by atoms with Gasteiger partial charge in [0.2, 0.25) is 0 Å². The van der Waals surface area contributed by atoms with Crippen molar-refractivity contribution in [2.24, 2.45) is 0 Å². The van der Waals surface area contributed by atoms with E-state index in [0.717, 1.165) is 18.5 Å². The molecule has 1 unspecified atom stereocenters. The molecule has 1 aromatic heterocycles. The van der Waals surface area contributed by atoms with Crippen LogP contribution in [0, 0.1) is 5.82 Å². The van der Waals surface area contributed by atoms with Gasteiger partial charge in [0.15, 0.2) is 0 Å². The van der Waals surface area contributed by atoms with E-state index in [1.54, 1.807) is 24.5 Å². The Kier molecular flexibility index (Phi) is 5.97. The van der Waals surface area contributed by atoms with Crippen LogP contribution in [0.25, 0.3) is 0 Å². The average molecular weight is 327 g/mol. The molecule has 0 aliphatic heterocycles. The molecule has 0 saturated carbocycles. The highest BCUT2D eigenvalue weighted by Gasteiger charge is 2.17. The summed E-state index contributed by atoms with van der Waals surface area (Å²) >= 11 is 12.1. The van der Waals surface area contributed by atoms with Crippen LogP contribution in [0.4, 0.5) is 4.39 Å². The summed E-state index contributed by atoms with van der Waals surface area (Å²) in [6, 6.07) is 6.29. The Morgan fingerprint density at radius 3 is 2.81 bits per heavy atom. The number of aromatic nitrogens is 1. The van der Waals surface area contributed by atoms with Crippen LogP contribution in [-0.2, 0) is 6.42 Å². The van der Waals surface area contributed by atoms with Crippen molar-refractivity contribution in [2.75, 3.05) is 6.54 Å². The summed E-state index contributed by atoms with van der Waals surface area (Å²) in [6.45, 7) is 2.86. The molecule has 1 aromatic carbocycles. The summed E-state index contributed by atoms with van der Waals surface area (Å²) in [7, 11) is 0. The smallest absolute Gasteiger partial charge is 0.128 e. The molecule has 0 bridgehead atoms. The number of hydrogen-bond donors (Lipinski definition) is 1. The van der Waals surface area contributed by atoms with Gasteiger partial charge in [-0.2, -0.15) is 0 Å². The molecule has 0 aliphatic carbocycles. The van der Waals surface area contributed by atoms with Crippen molar-refractivity contribution in [3.8, 4) is 0 Å². The highest BCUT2D eigenvalue weighted by molar-refractivity contribution is 6.31. The second kappa shape index (κ2) is 7.74. The number of pyridine rings is 1. The van der Waals surface area contributed by atoms with Crippen LogP contribution in [0.1, 0.15) is 30.5 Å². The third-order valence-corrected chi connectivity index (χ3v) is 3.83. The molecule has 2 rings (SSSR count). The van der Waals surface area contributed by atoms with Gasteiger partial charge in [-0.3, -0.25) is 4.98 Å². The molecule has 0 aliphatic rings. The molecule has 1 atom stereocenters. The Morgan fingerprint density at radius 1 is 1.29 bits per heavy atom. The van der Waals surface area contributed by atoms with Crippen molar-refractivity contribution in [1.29, 1.82) is 0 Å². The number of halogens is 3. The molecule has 2 aromatic rings. The van der Waals surface area contributed by atoms with Gasteiger partial charge >= 0.3 is 0 Å². The van der Waals surface area contributed by atoms with Crippen molar-refractivity contribution < 1.29 is 4.39 Å². The Bertz CT molecular complexity index is 605. The van der Waals surface area contributed by atoms with Crippen LogP contribution in [0.15, 0.2) is 36.7 Å². The lowest BCUT2D eigenvalue weighted by Gasteiger charge is -2.20. The van der Waals surface area contributed by atoms with Gasteiger partial charge < -0.3 is 5.32 Å². The molecule has 1 N–H and O–H groups in total. The maximum Gasteiger partial charge on any atom is 0.128 e. The Hall–Kier alpha value is -1.16. The molecule has 0 saturated heterocycles. The summed E-state index contributed by atoms with van der Waals surface area (Å²) in [5.74, 6) is -0.266. The van der Waals surface area contributed by atoms with Crippen LogP contribution in [0.3, 0.4) is 0 Å². The van der Waals surface area contributed by atoms with Gasteiger partial charge in [0.05, 0.1) is 5.02 Å². The topological polar surface area (TPSA) is 24.9 Å². The van der Waals surface area contributed by atoms with Gasteiger partial charge in [-0.25, -0.2) is 4.39 Å². The Balaban J connectivity index is 2.30. The van der Waals surface area contributed by atoms with E-state index in [4.69, 9.17) is 23.2 Å². The van der Waals surface area contributed by atoms with E-state index in [2.05, 4.69) is 17.2 Å². The van der Waals surface area contributed by atoms with E-state index in [9.17, 15) is 4.39 Å². The van der Waals surface area contributed by atoms with E-state index < -0.39 is 0 Å².